The standard InChI is InChI=1S/C12H12ClN5O3/c1-6-5-8(3-4-9(6)13)21-11-10(18(19)20)7(2)15-12(16-11)17-14/h3-5H,14H2,1-2H3,(H,15,16,17). The predicted molar refractivity (Wildman–Crippen MR) is 77.5 cm³/mol. The van der Waals surface area contributed by atoms with E-state index in [0.29, 0.717) is 10.8 Å². The molecule has 21 heavy (non-hydrogen) atoms. The molecule has 0 aliphatic carbocycles. The highest BCUT2D eigenvalue weighted by atomic mass is 35.5. The van der Waals surface area contributed by atoms with E-state index in [1.165, 1.54) is 6.92 Å². The van der Waals surface area contributed by atoms with Crippen LogP contribution in [0.15, 0.2) is 18.2 Å². The number of rotatable bonds is 4. The molecule has 0 saturated carbocycles. The van der Waals surface area contributed by atoms with Gasteiger partial charge in [-0.2, -0.15) is 4.98 Å². The average molecular weight is 310 g/mol. The van der Waals surface area contributed by atoms with Crippen LogP contribution >= 0.6 is 11.6 Å². The number of nitrogens with two attached hydrogens (primary N) is 1. The monoisotopic (exact) mass is 309 g/mol. The Morgan fingerprint density at radius 2 is 2.10 bits per heavy atom. The van der Waals surface area contributed by atoms with Gasteiger partial charge in [-0.25, -0.2) is 10.8 Å². The van der Waals surface area contributed by atoms with Crippen molar-refractivity contribution in [1.82, 2.24) is 9.97 Å². The summed E-state index contributed by atoms with van der Waals surface area (Å²) < 4.78 is 5.48. The van der Waals surface area contributed by atoms with E-state index < -0.39 is 4.92 Å². The topological polar surface area (TPSA) is 116 Å². The Bertz CT molecular complexity index is 708. The first-order chi connectivity index (χ1) is 9.92. The molecule has 9 heteroatoms. The number of hydrogen-bond acceptors (Lipinski definition) is 7. The Morgan fingerprint density at radius 1 is 1.38 bits per heavy atom. The molecule has 0 saturated heterocycles. The third kappa shape index (κ3) is 3.18. The molecule has 1 heterocycles. The maximum Gasteiger partial charge on any atom is 0.352 e. The van der Waals surface area contributed by atoms with Gasteiger partial charge in [0.15, 0.2) is 0 Å². The third-order valence-electron chi connectivity index (χ3n) is 2.68. The Kier molecular flexibility index (Phi) is 4.20. The van der Waals surface area contributed by atoms with Crippen molar-refractivity contribution in [2.75, 3.05) is 5.43 Å². The van der Waals surface area contributed by atoms with Gasteiger partial charge in [-0.05, 0) is 37.6 Å². The molecule has 2 rings (SSSR count). The lowest BCUT2D eigenvalue weighted by Gasteiger charge is -2.09. The maximum atomic E-state index is 11.1. The summed E-state index contributed by atoms with van der Waals surface area (Å²) in [4.78, 5) is 18.3. The Balaban J connectivity index is 2.48. The van der Waals surface area contributed by atoms with Crippen molar-refractivity contribution >= 4 is 23.2 Å². The minimum Gasteiger partial charge on any atom is -0.434 e. The Hall–Kier alpha value is -2.45. The molecule has 0 spiro atoms. The summed E-state index contributed by atoms with van der Waals surface area (Å²) in [5.74, 6) is 5.44. The molecule has 0 amide bonds. The number of hydrazine groups is 1. The molecule has 0 atom stereocenters. The maximum absolute atomic E-state index is 11.1. The first kappa shape index (κ1) is 14.9. The van der Waals surface area contributed by atoms with Gasteiger partial charge in [-0.15, -0.1) is 0 Å². The lowest BCUT2D eigenvalue weighted by Crippen LogP contribution is -2.12. The smallest absolute Gasteiger partial charge is 0.352 e. The molecule has 0 aliphatic rings. The van der Waals surface area contributed by atoms with Gasteiger partial charge in [0, 0.05) is 5.02 Å². The first-order valence-electron chi connectivity index (χ1n) is 5.86. The summed E-state index contributed by atoms with van der Waals surface area (Å²) in [5, 5.41) is 11.7. The molecule has 0 unspecified atom stereocenters. The van der Waals surface area contributed by atoms with E-state index in [2.05, 4.69) is 15.4 Å². The molecular weight excluding hydrogens is 298 g/mol. The van der Waals surface area contributed by atoms with E-state index in [1.54, 1.807) is 25.1 Å². The molecule has 110 valence electrons. The van der Waals surface area contributed by atoms with E-state index in [0.717, 1.165) is 5.56 Å². The minimum absolute atomic E-state index is 0.0267. The number of benzene rings is 1. The summed E-state index contributed by atoms with van der Waals surface area (Å²) in [5.41, 5.74) is 2.84. The number of hydrogen-bond donors (Lipinski definition) is 2. The summed E-state index contributed by atoms with van der Waals surface area (Å²) in [6.45, 7) is 3.27. The lowest BCUT2D eigenvalue weighted by molar-refractivity contribution is -0.386. The van der Waals surface area contributed by atoms with Gasteiger partial charge in [0.1, 0.15) is 11.4 Å². The van der Waals surface area contributed by atoms with Crippen LogP contribution in [-0.4, -0.2) is 14.9 Å². The van der Waals surface area contributed by atoms with Crippen molar-refractivity contribution in [2.24, 2.45) is 5.84 Å². The SMILES string of the molecule is Cc1cc(Oc2nc(NN)nc(C)c2[N+](=O)[O-])ccc1Cl. The van der Waals surface area contributed by atoms with E-state index in [1.807, 2.05) is 0 Å². The summed E-state index contributed by atoms with van der Waals surface area (Å²) in [6.07, 6.45) is 0. The van der Waals surface area contributed by atoms with Crippen LogP contribution in [0.2, 0.25) is 5.02 Å². The number of ether oxygens (including phenoxy) is 1. The number of halogens is 1. The van der Waals surface area contributed by atoms with Crippen molar-refractivity contribution in [3.05, 3.63) is 44.6 Å². The fraction of sp³-hybridized carbons (Fsp3) is 0.167. The van der Waals surface area contributed by atoms with Crippen LogP contribution in [0.25, 0.3) is 0 Å². The van der Waals surface area contributed by atoms with E-state index in [-0.39, 0.29) is 23.2 Å². The third-order valence-corrected chi connectivity index (χ3v) is 3.11. The largest absolute Gasteiger partial charge is 0.434 e. The molecule has 0 aliphatic heterocycles. The molecule has 1 aromatic heterocycles. The van der Waals surface area contributed by atoms with E-state index in [9.17, 15) is 10.1 Å². The summed E-state index contributed by atoms with van der Waals surface area (Å²) in [7, 11) is 0. The zero-order valence-electron chi connectivity index (χ0n) is 11.3. The molecule has 0 bridgehead atoms. The second-order valence-electron chi connectivity index (χ2n) is 4.20. The molecule has 0 radical (unpaired) electrons. The zero-order chi connectivity index (χ0) is 15.6. The number of aromatic nitrogens is 2. The van der Waals surface area contributed by atoms with Gasteiger partial charge in [0.05, 0.1) is 4.92 Å². The number of nitrogen functional groups attached to an aromatic ring is 1. The quantitative estimate of drug-likeness (QED) is 0.506. The minimum atomic E-state index is -0.603. The van der Waals surface area contributed by atoms with Gasteiger partial charge in [-0.1, -0.05) is 11.6 Å². The molecule has 1 aromatic carbocycles. The van der Waals surface area contributed by atoms with Crippen LogP contribution in [0, 0.1) is 24.0 Å². The van der Waals surface area contributed by atoms with Crippen molar-refractivity contribution in [3.63, 3.8) is 0 Å². The number of nitrogens with one attached hydrogen (secondary N) is 1. The Labute approximate surface area is 125 Å². The normalized spacial score (nSPS) is 10.3. The molecular formula is C12H12ClN5O3. The molecule has 3 N–H and O–H groups in total. The van der Waals surface area contributed by atoms with Crippen LogP contribution in [0.3, 0.4) is 0 Å². The van der Waals surface area contributed by atoms with Crippen molar-refractivity contribution in [1.29, 1.82) is 0 Å². The lowest BCUT2D eigenvalue weighted by atomic mass is 10.2. The van der Waals surface area contributed by atoms with Crippen LogP contribution in [0.1, 0.15) is 11.3 Å². The number of anilines is 1. The van der Waals surface area contributed by atoms with Gasteiger partial charge in [-0.3, -0.25) is 15.5 Å². The van der Waals surface area contributed by atoms with Gasteiger partial charge < -0.3 is 4.74 Å². The molecule has 8 nitrogen and oxygen atoms in total. The van der Waals surface area contributed by atoms with Crippen LogP contribution in [0.5, 0.6) is 11.6 Å². The summed E-state index contributed by atoms with van der Waals surface area (Å²) >= 11 is 5.92. The molecule has 0 fully saturated rings. The fourth-order valence-electron chi connectivity index (χ4n) is 1.68. The average Bonchev–Trinajstić information content (AvgIpc) is 2.41. The summed E-state index contributed by atoms with van der Waals surface area (Å²) in [6, 6.07) is 4.87. The van der Waals surface area contributed by atoms with Crippen LogP contribution in [0.4, 0.5) is 11.6 Å². The second-order valence-corrected chi connectivity index (χ2v) is 4.61. The van der Waals surface area contributed by atoms with E-state index in [4.69, 9.17) is 22.2 Å². The van der Waals surface area contributed by atoms with E-state index >= 15 is 0 Å². The van der Waals surface area contributed by atoms with Gasteiger partial charge in [0.2, 0.25) is 5.95 Å². The molecule has 2 aromatic rings. The number of aryl methyl sites for hydroxylation is 2. The first-order valence-corrected chi connectivity index (χ1v) is 6.24. The van der Waals surface area contributed by atoms with Gasteiger partial charge >= 0.3 is 11.6 Å². The highest BCUT2D eigenvalue weighted by Gasteiger charge is 2.24. The Morgan fingerprint density at radius 3 is 2.67 bits per heavy atom. The van der Waals surface area contributed by atoms with Crippen LogP contribution in [-0.2, 0) is 0 Å². The number of nitrogens with zero attached hydrogens (tertiary/aromatic N) is 3. The highest BCUT2D eigenvalue weighted by molar-refractivity contribution is 6.31. The van der Waals surface area contributed by atoms with Crippen LogP contribution < -0.4 is 16.0 Å². The zero-order valence-corrected chi connectivity index (χ0v) is 12.0. The fourth-order valence-corrected chi connectivity index (χ4v) is 1.80. The highest BCUT2D eigenvalue weighted by Crippen LogP contribution is 2.33. The van der Waals surface area contributed by atoms with Gasteiger partial charge in [0.25, 0.3) is 0 Å². The second kappa shape index (κ2) is 5.90. The number of nitro groups is 1. The predicted octanol–water partition coefficient (Wildman–Crippen LogP) is 2.73. The van der Waals surface area contributed by atoms with Crippen molar-refractivity contribution in [2.45, 2.75) is 13.8 Å². The van der Waals surface area contributed by atoms with Crippen molar-refractivity contribution in [3.8, 4) is 11.6 Å². The van der Waals surface area contributed by atoms with Crippen molar-refractivity contribution < 1.29 is 9.66 Å².